The zero-order chi connectivity index (χ0) is 24.2. The number of piperidine rings is 1. The zero-order valence-electron chi connectivity index (χ0n) is 21.1. The van der Waals surface area contributed by atoms with Gasteiger partial charge < -0.3 is 14.7 Å². The molecule has 0 aliphatic carbocycles. The van der Waals surface area contributed by atoms with Gasteiger partial charge in [0.25, 0.3) is 5.91 Å². The maximum atomic E-state index is 13.4. The van der Waals surface area contributed by atoms with Crippen molar-refractivity contribution in [2.75, 3.05) is 59.4 Å². The number of nitrogens with zero attached hydrogens (tertiary/aromatic N) is 4. The fraction of sp³-hybridized carbons (Fsp3) is 0.600. The van der Waals surface area contributed by atoms with Gasteiger partial charge in [-0.3, -0.25) is 14.5 Å². The topological polar surface area (TPSA) is 47.1 Å². The van der Waals surface area contributed by atoms with E-state index in [9.17, 15) is 9.59 Å². The molecule has 0 radical (unpaired) electrons. The van der Waals surface area contributed by atoms with Crippen molar-refractivity contribution in [3.8, 4) is 0 Å². The molecule has 2 aromatic rings. The van der Waals surface area contributed by atoms with Crippen molar-refractivity contribution < 1.29 is 11.0 Å². The van der Waals surface area contributed by atoms with Crippen molar-refractivity contribution in [3.05, 3.63) is 34.1 Å². The van der Waals surface area contributed by atoms with Gasteiger partial charge in [0.1, 0.15) is 6.54 Å². The number of unbranched alkanes of at least 4 members (excludes halogenated alkanes) is 1. The van der Waals surface area contributed by atoms with Crippen molar-refractivity contribution in [2.24, 2.45) is 0 Å². The van der Waals surface area contributed by atoms with E-state index >= 15 is 0 Å². The van der Waals surface area contributed by atoms with E-state index in [1.165, 1.54) is 24.2 Å². The van der Waals surface area contributed by atoms with Crippen LogP contribution in [0, 0.1) is 0 Å². The van der Waals surface area contributed by atoms with Crippen molar-refractivity contribution >= 4 is 57.2 Å². The summed E-state index contributed by atoms with van der Waals surface area (Å²) in [5.41, 5.74) is 0. The molecule has 0 bridgehead atoms. The number of amides is 2. The van der Waals surface area contributed by atoms with Crippen molar-refractivity contribution in [1.82, 2.24) is 19.6 Å². The number of rotatable bonds is 7. The summed E-state index contributed by atoms with van der Waals surface area (Å²) in [4.78, 5) is 35.5. The van der Waals surface area contributed by atoms with Gasteiger partial charge in [0.05, 0.1) is 6.25 Å². The molecule has 3 heterocycles. The molecule has 0 saturated carbocycles. The van der Waals surface area contributed by atoms with E-state index in [1.54, 1.807) is 23.1 Å². The Kier molecular flexibility index (Phi) is 9.48. The van der Waals surface area contributed by atoms with E-state index in [2.05, 4.69) is 23.8 Å². The maximum Gasteiger partial charge on any atom is 0.264 e. The lowest BCUT2D eigenvalue weighted by molar-refractivity contribution is -0.134. The summed E-state index contributed by atoms with van der Waals surface area (Å²) < 4.78 is 9.34. The average molecular weight is 529 g/mol. The molecule has 2 saturated heterocycles. The molecule has 0 unspecified atom stereocenters. The summed E-state index contributed by atoms with van der Waals surface area (Å²) in [5, 5.41) is 1.31. The van der Waals surface area contributed by atoms with Gasteiger partial charge in [-0.05, 0) is 63.0 Å². The summed E-state index contributed by atoms with van der Waals surface area (Å²) in [6.45, 7) is 8.17. The highest BCUT2D eigenvalue weighted by Gasteiger charge is 2.29. The molecule has 0 N–H and O–H groups in total. The standard InChI is InChI=1S/C25H35ClN4O2S.ClH/c1-3-4-9-30(25(32)23-16-19-5-6-20(26)17-22(19)33-23)18-24(31)29-14-12-28(13-15-29)21-7-10-27(2)11-8-21;/h5-6,16-17,21H,3-4,7-15,18H2,1-2H3;1H/i16D;. The first-order valence-electron chi connectivity index (χ1n) is 12.6. The molecular formula is C25H36Cl2N4O2S. The molecule has 1 aromatic carbocycles. The SMILES string of the molecule is Cl.[2H]c1c(C(=O)N(CCCC)CC(=O)N2CCN(C3CCN(C)CC3)CC2)sc2cc(Cl)ccc12. The molecule has 9 heteroatoms. The van der Waals surface area contributed by atoms with Gasteiger partial charge in [0.2, 0.25) is 5.91 Å². The molecule has 1 aromatic heterocycles. The van der Waals surface area contributed by atoms with Crippen LogP contribution in [-0.4, -0.2) is 96.9 Å². The van der Waals surface area contributed by atoms with Crippen LogP contribution in [0.3, 0.4) is 0 Å². The number of fused-ring (bicyclic) bond motifs is 1. The van der Waals surface area contributed by atoms with E-state index in [1.807, 2.05) is 4.90 Å². The Balaban J connectivity index is 0.00000342. The Hall–Kier alpha value is -1.38. The third kappa shape index (κ3) is 6.64. The van der Waals surface area contributed by atoms with Crippen molar-refractivity contribution in [1.29, 1.82) is 0 Å². The highest BCUT2D eigenvalue weighted by Crippen LogP contribution is 2.29. The lowest BCUT2D eigenvalue weighted by atomic mass is 10.0. The third-order valence-corrected chi connectivity index (χ3v) is 8.14. The van der Waals surface area contributed by atoms with E-state index < -0.39 is 0 Å². The lowest BCUT2D eigenvalue weighted by Crippen LogP contribution is -2.55. The summed E-state index contributed by atoms with van der Waals surface area (Å²) in [6, 6.07) is 6.17. The maximum absolute atomic E-state index is 13.4. The average Bonchev–Trinajstić information content (AvgIpc) is 3.17. The minimum absolute atomic E-state index is 0. The number of halogens is 2. The lowest BCUT2D eigenvalue weighted by Gasteiger charge is -2.42. The van der Waals surface area contributed by atoms with Gasteiger partial charge >= 0.3 is 0 Å². The Morgan fingerprint density at radius 1 is 1.18 bits per heavy atom. The van der Waals surface area contributed by atoms with Crippen LogP contribution in [0.5, 0.6) is 0 Å². The van der Waals surface area contributed by atoms with Crippen LogP contribution in [0.15, 0.2) is 24.2 Å². The molecule has 2 fully saturated rings. The smallest absolute Gasteiger partial charge is 0.264 e. The molecule has 2 aliphatic rings. The first-order chi connectivity index (χ1) is 16.4. The number of piperazine rings is 1. The summed E-state index contributed by atoms with van der Waals surface area (Å²) in [5.74, 6) is -0.225. The van der Waals surface area contributed by atoms with Gasteiger partial charge in [-0.15, -0.1) is 23.7 Å². The summed E-state index contributed by atoms with van der Waals surface area (Å²) in [7, 11) is 2.18. The molecule has 6 nitrogen and oxygen atoms in total. The van der Waals surface area contributed by atoms with Gasteiger partial charge in [-0.2, -0.15) is 0 Å². The normalized spacial score (nSPS) is 18.6. The van der Waals surface area contributed by atoms with E-state index in [0.717, 1.165) is 49.1 Å². The highest BCUT2D eigenvalue weighted by molar-refractivity contribution is 7.20. The Morgan fingerprint density at radius 2 is 1.88 bits per heavy atom. The van der Waals surface area contributed by atoms with Crippen LogP contribution < -0.4 is 0 Å². The van der Waals surface area contributed by atoms with Crippen LogP contribution in [0.1, 0.15) is 43.6 Å². The van der Waals surface area contributed by atoms with Crippen molar-refractivity contribution in [2.45, 2.75) is 38.6 Å². The zero-order valence-corrected chi connectivity index (χ0v) is 22.5. The number of hydrogen-bond acceptors (Lipinski definition) is 5. The molecule has 34 heavy (non-hydrogen) atoms. The molecule has 2 aliphatic heterocycles. The molecule has 4 rings (SSSR count). The minimum atomic E-state index is -0.228. The van der Waals surface area contributed by atoms with Crippen LogP contribution in [0.2, 0.25) is 5.02 Å². The van der Waals surface area contributed by atoms with Crippen LogP contribution >= 0.6 is 35.3 Å². The van der Waals surface area contributed by atoms with Gasteiger partial charge in [0.15, 0.2) is 0 Å². The van der Waals surface area contributed by atoms with Crippen LogP contribution in [0.4, 0.5) is 0 Å². The minimum Gasteiger partial charge on any atom is -0.339 e. The second-order valence-corrected chi connectivity index (χ2v) is 10.7. The largest absolute Gasteiger partial charge is 0.339 e. The number of benzene rings is 1. The number of thiophene rings is 1. The van der Waals surface area contributed by atoms with E-state index in [4.69, 9.17) is 13.0 Å². The molecular weight excluding hydrogens is 491 g/mol. The highest BCUT2D eigenvalue weighted by atomic mass is 35.5. The summed E-state index contributed by atoms with van der Waals surface area (Å²) in [6.07, 6.45) is 4.15. The number of carbonyl (C=O) groups excluding carboxylic acids is 2. The Morgan fingerprint density at radius 3 is 2.56 bits per heavy atom. The first-order valence-corrected chi connectivity index (χ1v) is 13.2. The fourth-order valence-corrected chi connectivity index (χ4v) is 5.99. The Labute approximate surface area is 219 Å². The Bertz CT molecular complexity index is 1020. The third-order valence-electron chi connectivity index (χ3n) is 6.86. The predicted octanol–water partition coefficient (Wildman–Crippen LogP) is 4.46. The quantitative estimate of drug-likeness (QED) is 0.533. The molecule has 0 atom stereocenters. The van der Waals surface area contributed by atoms with Crippen LogP contribution in [-0.2, 0) is 4.79 Å². The molecule has 2 amide bonds. The first kappa shape index (κ1) is 25.7. The van der Waals surface area contributed by atoms with Gasteiger partial charge in [-0.1, -0.05) is 31.0 Å². The monoisotopic (exact) mass is 527 g/mol. The number of likely N-dealkylation sites (tertiary alicyclic amines) is 1. The number of carbonyl (C=O) groups is 2. The fourth-order valence-electron chi connectivity index (χ4n) is 4.74. The second-order valence-electron chi connectivity index (χ2n) is 9.23. The van der Waals surface area contributed by atoms with Crippen molar-refractivity contribution in [3.63, 3.8) is 0 Å². The molecule has 188 valence electrons. The molecule has 0 spiro atoms. The van der Waals surface area contributed by atoms with Gasteiger partial charge in [0, 0.05) is 48.5 Å². The second kappa shape index (κ2) is 12.5. The summed E-state index contributed by atoms with van der Waals surface area (Å²) >= 11 is 7.40. The number of hydrogen-bond donors (Lipinski definition) is 0. The van der Waals surface area contributed by atoms with Gasteiger partial charge in [-0.25, -0.2) is 0 Å². The van der Waals surface area contributed by atoms with E-state index in [-0.39, 0.29) is 36.8 Å². The van der Waals surface area contributed by atoms with E-state index in [0.29, 0.717) is 35.6 Å². The predicted molar refractivity (Wildman–Crippen MR) is 144 cm³/mol. The van der Waals surface area contributed by atoms with Crippen LogP contribution in [0.25, 0.3) is 10.1 Å².